The molecule has 1 N–H and O–H groups in total. The summed E-state index contributed by atoms with van der Waals surface area (Å²) in [4.78, 5) is 28.9. The highest BCUT2D eigenvalue weighted by Gasteiger charge is 2.15. The number of amides is 1. The number of rotatable bonds is 5. The van der Waals surface area contributed by atoms with Crippen molar-refractivity contribution in [3.63, 3.8) is 0 Å². The molecule has 1 aromatic heterocycles. The van der Waals surface area contributed by atoms with Gasteiger partial charge in [0, 0.05) is 38.0 Å². The molecule has 0 radical (unpaired) electrons. The third-order valence-electron chi connectivity index (χ3n) is 4.01. The Balaban J connectivity index is 1.60. The Labute approximate surface area is 154 Å². The number of halogens is 1. The normalized spacial score (nSPS) is 14.1. The molecule has 1 amide bonds. The molecule has 136 valence electrons. The van der Waals surface area contributed by atoms with E-state index in [1.54, 1.807) is 6.20 Å². The zero-order valence-corrected chi connectivity index (χ0v) is 14.6. The zero-order valence-electron chi connectivity index (χ0n) is 13.9. The van der Waals surface area contributed by atoms with Gasteiger partial charge in [0.25, 0.3) is 11.6 Å². The van der Waals surface area contributed by atoms with Crippen LogP contribution < -0.4 is 10.2 Å². The predicted octanol–water partition coefficient (Wildman–Crippen LogP) is 2.41. The van der Waals surface area contributed by atoms with Crippen molar-refractivity contribution in [1.82, 2.24) is 10.3 Å². The van der Waals surface area contributed by atoms with Gasteiger partial charge in [-0.1, -0.05) is 17.7 Å². The Morgan fingerprint density at radius 3 is 2.69 bits per heavy atom. The third kappa shape index (κ3) is 4.27. The SMILES string of the molecule is O=C(NCc1ccc(N2CCOCC2)nc1)c1ccc([N+](=O)[O-])cc1Cl. The van der Waals surface area contributed by atoms with Crippen LogP contribution in [0.3, 0.4) is 0 Å². The summed E-state index contributed by atoms with van der Waals surface area (Å²) < 4.78 is 5.32. The van der Waals surface area contributed by atoms with Gasteiger partial charge in [-0.25, -0.2) is 4.98 Å². The predicted molar refractivity (Wildman–Crippen MR) is 96.5 cm³/mol. The Hall–Kier alpha value is -2.71. The molecule has 0 saturated carbocycles. The van der Waals surface area contributed by atoms with Crippen molar-refractivity contribution in [2.75, 3.05) is 31.2 Å². The molecule has 1 aliphatic heterocycles. The molecule has 1 aliphatic rings. The van der Waals surface area contributed by atoms with Crippen molar-refractivity contribution in [3.05, 3.63) is 62.8 Å². The van der Waals surface area contributed by atoms with Crippen LogP contribution in [0.2, 0.25) is 5.02 Å². The van der Waals surface area contributed by atoms with Gasteiger partial charge >= 0.3 is 0 Å². The van der Waals surface area contributed by atoms with E-state index in [0.29, 0.717) is 13.2 Å². The van der Waals surface area contributed by atoms with Crippen LogP contribution in [0.15, 0.2) is 36.5 Å². The first-order valence-electron chi connectivity index (χ1n) is 8.04. The summed E-state index contributed by atoms with van der Waals surface area (Å²) in [5, 5.41) is 13.5. The quantitative estimate of drug-likeness (QED) is 0.635. The van der Waals surface area contributed by atoms with Gasteiger partial charge in [0.15, 0.2) is 0 Å². The van der Waals surface area contributed by atoms with E-state index in [9.17, 15) is 14.9 Å². The van der Waals surface area contributed by atoms with Crippen molar-refractivity contribution < 1.29 is 14.5 Å². The second kappa shape index (κ2) is 8.11. The van der Waals surface area contributed by atoms with E-state index < -0.39 is 10.8 Å². The monoisotopic (exact) mass is 376 g/mol. The summed E-state index contributed by atoms with van der Waals surface area (Å²) in [6.45, 7) is 3.27. The summed E-state index contributed by atoms with van der Waals surface area (Å²) in [5.41, 5.74) is 0.873. The molecule has 2 heterocycles. The van der Waals surface area contributed by atoms with Crippen LogP contribution >= 0.6 is 11.6 Å². The number of nitro benzene ring substituents is 1. The highest BCUT2D eigenvalue weighted by molar-refractivity contribution is 6.34. The summed E-state index contributed by atoms with van der Waals surface area (Å²) in [7, 11) is 0. The molecule has 9 heteroatoms. The van der Waals surface area contributed by atoms with Crippen LogP contribution in [0.1, 0.15) is 15.9 Å². The molecule has 0 aliphatic carbocycles. The lowest BCUT2D eigenvalue weighted by Gasteiger charge is -2.27. The Morgan fingerprint density at radius 1 is 1.31 bits per heavy atom. The van der Waals surface area contributed by atoms with Gasteiger partial charge in [0.05, 0.1) is 28.7 Å². The van der Waals surface area contributed by atoms with E-state index in [1.807, 2.05) is 12.1 Å². The lowest BCUT2D eigenvalue weighted by atomic mass is 10.2. The van der Waals surface area contributed by atoms with Gasteiger partial charge in [0.2, 0.25) is 0 Å². The van der Waals surface area contributed by atoms with Gasteiger partial charge in [-0.05, 0) is 17.7 Å². The standard InChI is InChI=1S/C17H17ClN4O4/c18-15-9-13(22(24)25)2-3-14(15)17(23)20-11-12-1-4-16(19-10-12)21-5-7-26-8-6-21/h1-4,9-10H,5-8,11H2,(H,20,23). The highest BCUT2D eigenvalue weighted by Crippen LogP contribution is 2.22. The number of nitro groups is 1. The van der Waals surface area contributed by atoms with Crippen molar-refractivity contribution in [2.45, 2.75) is 6.54 Å². The van der Waals surface area contributed by atoms with E-state index >= 15 is 0 Å². The zero-order chi connectivity index (χ0) is 18.5. The average Bonchev–Trinajstić information content (AvgIpc) is 2.67. The topological polar surface area (TPSA) is 97.6 Å². The molecular formula is C17H17ClN4O4. The number of morpholine rings is 1. The first-order chi connectivity index (χ1) is 12.5. The Morgan fingerprint density at radius 2 is 2.08 bits per heavy atom. The second-order valence-corrected chi connectivity index (χ2v) is 6.14. The fourth-order valence-corrected chi connectivity index (χ4v) is 2.84. The number of non-ortho nitro benzene ring substituents is 1. The smallest absolute Gasteiger partial charge is 0.270 e. The van der Waals surface area contributed by atoms with Crippen molar-refractivity contribution in [1.29, 1.82) is 0 Å². The van der Waals surface area contributed by atoms with Crippen LogP contribution in [0.4, 0.5) is 11.5 Å². The van der Waals surface area contributed by atoms with E-state index in [2.05, 4.69) is 15.2 Å². The number of carbonyl (C=O) groups excluding carboxylic acids is 1. The van der Waals surface area contributed by atoms with Crippen LogP contribution in [0.5, 0.6) is 0 Å². The minimum Gasteiger partial charge on any atom is -0.378 e. The number of carbonyl (C=O) groups is 1. The lowest BCUT2D eigenvalue weighted by Crippen LogP contribution is -2.36. The molecule has 0 bridgehead atoms. The summed E-state index contributed by atoms with van der Waals surface area (Å²) in [6, 6.07) is 7.56. The molecule has 3 rings (SSSR count). The maximum atomic E-state index is 12.2. The molecule has 1 fully saturated rings. The molecule has 2 aromatic rings. The van der Waals surface area contributed by atoms with Crippen LogP contribution in [-0.2, 0) is 11.3 Å². The maximum absolute atomic E-state index is 12.2. The highest BCUT2D eigenvalue weighted by atomic mass is 35.5. The molecule has 0 atom stereocenters. The number of hydrogen-bond acceptors (Lipinski definition) is 6. The molecule has 1 saturated heterocycles. The lowest BCUT2D eigenvalue weighted by molar-refractivity contribution is -0.384. The van der Waals surface area contributed by atoms with E-state index in [1.165, 1.54) is 12.1 Å². The minimum absolute atomic E-state index is 0.0393. The number of aromatic nitrogens is 1. The summed E-state index contributed by atoms with van der Waals surface area (Å²) >= 11 is 5.96. The van der Waals surface area contributed by atoms with Gasteiger partial charge in [-0.3, -0.25) is 14.9 Å². The maximum Gasteiger partial charge on any atom is 0.270 e. The number of nitrogens with zero attached hydrogens (tertiary/aromatic N) is 3. The largest absolute Gasteiger partial charge is 0.378 e. The number of benzene rings is 1. The summed E-state index contributed by atoms with van der Waals surface area (Å²) in [6.07, 6.45) is 1.71. The first-order valence-corrected chi connectivity index (χ1v) is 8.42. The van der Waals surface area contributed by atoms with Gasteiger partial charge in [0.1, 0.15) is 5.82 Å². The number of nitrogens with one attached hydrogen (secondary N) is 1. The fourth-order valence-electron chi connectivity index (χ4n) is 2.58. The van der Waals surface area contributed by atoms with Crippen molar-refractivity contribution in [2.24, 2.45) is 0 Å². The number of hydrogen-bond donors (Lipinski definition) is 1. The van der Waals surface area contributed by atoms with Crippen LogP contribution in [0, 0.1) is 10.1 Å². The molecule has 1 aromatic carbocycles. The van der Waals surface area contributed by atoms with E-state index in [-0.39, 0.29) is 22.8 Å². The summed E-state index contributed by atoms with van der Waals surface area (Å²) in [5.74, 6) is 0.476. The number of ether oxygens (including phenoxy) is 1. The molecular weight excluding hydrogens is 360 g/mol. The van der Waals surface area contributed by atoms with E-state index in [0.717, 1.165) is 30.5 Å². The van der Waals surface area contributed by atoms with Gasteiger partial charge in [-0.2, -0.15) is 0 Å². The third-order valence-corrected chi connectivity index (χ3v) is 4.32. The van der Waals surface area contributed by atoms with Crippen molar-refractivity contribution in [3.8, 4) is 0 Å². The first kappa shape index (κ1) is 18.1. The van der Waals surface area contributed by atoms with E-state index in [4.69, 9.17) is 16.3 Å². The fraction of sp³-hybridized carbons (Fsp3) is 0.294. The molecule has 0 spiro atoms. The molecule has 26 heavy (non-hydrogen) atoms. The second-order valence-electron chi connectivity index (χ2n) is 5.73. The number of pyridine rings is 1. The Bertz CT molecular complexity index is 807. The van der Waals surface area contributed by atoms with Crippen LogP contribution in [-0.4, -0.2) is 42.1 Å². The van der Waals surface area contributed by atoms with Crippen molar-refractivity contribution >= 4 is 29.0 Å². The molecule has 8 nitrogen and oxygen atoms in total. The Kier molecular flexibility index (Phi) is 5.65. The molecule has 0 unspecified atom stereocenters. The van der Waals surface area contributed by atoms with Crippen LogP contribution in [0.25, 0.3) is 0 Å². The van der Waals surface area contributed by atoms with Gasteiger partial charge < -0.3 is 15.0 Å². The average molecular weight is 377 g/mol. The van der Waals surface area contributed by atoms with Gasteiger partial charge in [-0.15, -0.1) is 0 Å². The number of anilines is 1. The minimum atomic E-state index is -0.560.